The standard InChI is InChI=1S/C33H31F2N3O6/c1-33(2)29(31(39)37-19-6-4-18(34)5-7-19)30(33)32(40)38-20-8-9-26(23(35)14-20)44-25-10-12-36-24-16-27(41-3)28(15-22(24)25)43-17-21-11-13-42-21/h4-10,12,14-16,21,29-30H,11,13,17H2,1-3H3,(H,37,39)(H,38,40)/t21-,29-,30+/m0/s1. The van der Waals surface area contributed by atoms with Gasteiger partial charge in [-0.1, -0.05) is 13.8 Å². The predicted octanol–water partition coefficient (Wildman–Crippen LogP) is 6.33. The van der Waals surface area contributed by atoms with Crippen LogP contribution in [-0.2, 0) is 14.3 Å². The maximum absolute atomic E-state index is 15.2. The molecule has 3 atom stereocenters. The highest BCUT2D eigenvalue weighted by molar-refractivity contribution is 6.04. The first kappa shape index (κ1) is 29.3. The van der Waals surface area contributed by atoms with Crippen LogP contribution < -0.4 is 24.8 Å². The number of carbonyl (C=O) groups is 2. The van der Waals surface area contributed by atoms with Gasteiger partial charge in [-0.15, -0.1) is 0 Å². The molecular weight excluding hydrogens is 572 g/mol. The number of benzene rings is 3. The molecule has 1 aromatic heterocycles. The number of halogens is 2. The van der Waals surface area contributed by atoms with Gasteiger partial charge >= 0.3 is 0 Å². The number of ether oxygens (including phenoxy) is 4. The van der Waals surface area contributed by atoms with E-state index in [2.05, 4.69) is 15.6 Å². The Bertz CT molecular complexity index is 1730. The third-order valence-corrected chi connectivity index (χ3v) is 8.13. The van der Waals surface area contributed by atoms with Crippen molar-refractivity contribution >= 4 is 34.1 Å². The van der Waals surface area contributed by atoms with E-state index in [4.69, 9.17) is 18.9 Å². The summed E-state index contributed by atoms with van der Waals surface area (Å²) in [5.74, 6) is -1.81. The minimum atomic E-state index is -0.694. The molecule has 2 aliphatic rings. The largest absolute Gasteiger partial charge is 0.493 e. The molecule has 0 bridgehead atoms. The molecule has 0 unspecified atom stereocenters. The predicted molar refractivity (Wildman–Crippen MR) is 159 cm³/mol. The molecule has 1 saturated carbocycles. The molecule has 1 aliphatic heterocycles. The second kappa shape index (κ2) is 11.7. The summed E-state index contributed by atoms with van der Waals surface area (Å²) in [6.07, 6.45) is 2.50. The third kappa shape index (κ3) is 5.87. The van der Waals surface area contributed by atoms with E-state index in [-0.39, 0.29) is 23.4 Å². The monoisotopic (exact) mass is 603 g/mol. The molecule has 4 aromatic rings. The van der Waals surface area contributed by atoms with Crippen molar-refractivity contribution in [1.82, 2.24) is 4.98 Å². The normalized spacial score (nSPS) is 19.9. The molecule has 2 amide bonds. The Balaban J connectivity index is 1.14. The summed E-state index contributed by atoms with van der Waals surface area (Å²) < 4.78 is 51.2. The molecule has 6 rings (SSSR count). The first-order valence-electron chi connectivity index (χ1n) is 14.2. The zero-order valence-corrected chi connectivity index (χ0v) is 24.4. The van der Waals surface area contributed by atoms with Crippen molar-refractivity contribution in [2.45, 2.75) is 26.4 Å². The van der Waals surface area contributed by atoms with Gasteiger partial charge in [0.15, 0.2) is 23.1 Å². The molecule has 0 spiro atoms. The molecule has 228 valence electrons. The van der Waals surface area contributed by atoms with Crippen LogP contribution >= 0.6 is 0 Å². The number of methoxy groups -OCH3 is 1. The second-order valence-electron chi connectivity index (χ2n) is 11.4. The van der Waals surface area contributed by atoms with E-state index >= 15 is 4.39 Å². The Morgan fingerprint density at radius 3 is 2.23 bits per heavy atom. The Labute approximate surface area is 252 Å². The van der Waals surface area contributed by atoms with Crippen LogP contribution in [-0.4, -0.2) is 43.2 Å². The van der Waals surface area contributed by atoms with Crippen LogP contribution in [0.4, 0.5) is 20.2 Å². The van der Waals surface area contributed by atoms with Gasteiger partial charge in [0.05, 0.1) is 30.6 Å². The average molecular weight is 604 g/mol. The zero-order chi connectivity index (χ0) is 31.0. The molecule has 2 heterocycles. The number of hydrogen-bond donors (Lipinski definition) is 2. The maximum atomic E-state index is 15.2. The average Bonchev–Trinajstić information content (AvgIpc) is 3.56. The van der Waals surface area contributed by atoms with Gasteiger partial charge in [0.25, 0.3) is 0 Å². The third-order valence-electron chi connectivity index (χ3n) is 8.13. The zero-order valence-electron chi connectivity index (χ0n) is 24.4. The fraction of sp³-hybridized carbons (Fsp3) is 0.303. The summed E-state index contributed by atoms with van der Waals surface area (Å²) in [6, 6.07) is 14.6. The molecular formula is C33H31F2N3O6. The molecule has 1 saturated heterocycles. The number of carbonyl (C=O) groups excluding carboxylic acids is 2. The summed E-state index contributed by atoms with van der Waals surface area (Å²) in [6.45, 7) is 4.72. The van der Waals surface area contributed by atoms with E-state index < -0.39 is 34.8 Å². The van der Waals surface area contributed by atoms with Crippen molar-refractivity contribution in [2.24, 2.45) is 17.3 Å². The van der Waals surface area contributed by atoms with Crippen LogP contribution in [0.25, 0.3) is 10.9 Å². The summed E-state index contributed by atoms with van der Waals surface area (Å²) in [5.41, 5.74) is 0.609. The Hall–Kier alpha value is -4.77. The second-order valence-corrected chi connectivity index (χ2v) is 11.4. The van der Waals surface area contributed by atoms with Crippen molar-refractivity contribution in [3.8, 4) is 23.0 Å². The Morgan fingerprint density at radius 2 is 1.59 bits per heavy atom. The van der Waals surface area contributed by atoms with Crippen molar-refractivity contribution in [3.63, 3.8) is 0 Å². The van der Waals surface area contributed by atoms with E-state index in [1.807, 2.05) is 13.8 Å². The van der Waals surface area contributed by atoms with Crippen LogP contribution in [0.15, 0.2) is 66.9 Å². The molecule has 11 heteroatoms. The maximum Gasteiger partial charge on any atom is 0.228 e. The highest BCUT2D eigenvalue weighted by Crippen LogP contribution is 2.59. The highest BCUT2D eigenvalue weighted by Gasteiger charge is 2.65. The van der Waals surface area contributed by atoms with Crippen LogP contribution in [0.1, 0.15) is 20.3 Å². The Kier molecular flexibility index (Phi) is 7.81. The van der Waals surface area contributed by atoms with E-state index in [9.17, 15) is 14.0 Å². The smallest absolute Gasteiger partial charge is 0.228 e. The lowest BCUT2D eigenvalue weighted by Crippen LogP contribution is -2.32. The number of nitrogens with one attached hydrogen (secondary N) is 2. The van der Waals surface area contributed by atoms with E-state index in [1.54, 1.807) is 24.4 Å². The van der Waals surface area contributed by atoms with Crippen molar-refractivity contribution in [3.05, 3.63) is 78.5 Å². The molecule has 2 N–H and O–H groups in total. The van der Waals surface area contributed by atoms with Gasteiger partial charge < -0.3 is 29.6 Å². The van der Waals surface area contributed by atoms with Crippen LogP contribution in [0, 0.1) is 28.9 Å². The number of fused-ring (bicyclic) bond motifs is 1. The quantitative estimate of drug-likeness (QED) is 0.218. The Morgan fingerprint density at radius 1 is 0.909 bits per heavy atom. The van der Waals surface area contributed by atoms with Gasteiger partial charge in [0.2, 0.25) is 11.8 Å². The topological polar surface area (TPSA) is 108 Å². The molecule has 3 aromatic carbocycles. The fourth-order valence-electron chi connectivity index (χ4n) is 5.46. The first-order valence-corrected chi connectivity index (χ1v) is 14.2. The van der Waals surface area contributed by atoms with Crippen molar-refractivity contribution < 1.29 is 37.3 Å². The summed E-state index contributed by atoms with van der Waals surface area (Å²) in [5, 5.41) is 6.04. The summed E-state index contributed by atoms with van der Waals surface area (Å²) in [7, 11) is 1.54. The lowest BCUT2D eigenvalue weighted by molar-refractivity contribution is -0.122. The van der Waals surface area contributed by atoms with Gasteiger partial charge in [0, 0.05) is 48.1 Å². The molecule has 0 radical (unpaired) electrons. The van der Waals surface area contributed by atoms with Gasteiger partial charge in [0.1, 0.15) is 18.2 Å². The van der Waals surface area contributed by atoms with Gasteiger partial charge in [-0.3, -0.25) is 14.6 Å². The number of anilines is 2. The van der Waals surface area contributed by atoms with Crippen molar-refractivity contribution in [2.75, 3.05) is 31.0 Å². The van der Waals surface area contributed by atoms with Gasteiger partial charge in [-0.05, 0) is 53.9 Å². The summed E-state index contributed by atoms with van der Waals surface area (Å²) in [4.78, 5) is 30.3. The molecule has 1 aliphatic carbocycles. The SMILES string of the molecule is COc1cc2nccc(Oc3ccc(NC(=O)[C@H]4[C@@H](C(=O)Nc5ccc(F)cc5)C4(C)C)cc3F)c2cc1OC[C@@H]1CCO1. The van der Waals surface area contributed by atoms with Gasteiger partial charge in [-0.25, -0.2) is 8.78 Å². The summed E-state index contributed by atoms with van der Waals surface area (Å²) >= 11 is 0. The fourth-order valence-corrected chi connectivity index (χ4v) is 5.46. The van der Waals surface area contributed by atoms with E-state index in [1.165, 1.54) is 43.5 Å². The van der Waals surface area contributed by atoms with Crippen LogP contribution in [0.2, 0.25) is 0 Å². The lowest BCUT2D eigenvalue weighted by Gasteiger charge is -2.26. The van der Waals surface area contributed by atoms with Crippen LogP contribution in [0.3, 0.4) is 0 Å². The number of aromatic nitrogens is 1. The molecule has 9 nitrogen and oxygen atoms in total. The number of nitrogens with zero attached hydrogens (tertiary/aromatic N) is 1. The minimum absolute atomic E-state index is 0.0311. The molecule has 2 fully saturated rings. The van der Waals surface area contributed by atoms with Gasteiger partial charge in [-0.2, -0.15) is 0 Å². The number of rotatable bonds is 10. The minimum Gasteiger partial charge on any atom is -0.493 e. The number of hydrogen-bond acceptors (Lipinski definition) is 7. The number of amides is 2. The van der Waals surface area contributed by atoms with Crippen molar-refractivity contribution in [1.29, 1.82) is 0 Å². The van der Waals surface area contributed by atoms with Crippen LogP contribution in [0.5, 0.6) is 23.0 Å². The molecule has 44 heavy (non-hydrogen) atoms. The van der Waals surface area contributed by atoms with E-state index in [0.29, 0.717) is 47.1 Å². The number of pyridine rings is 1. The van der Waals surface area contributed by atoms with E-state index in [0.717, 1.165) is 12.5 Å². The highest BCUT2D eigenvalue weighted by atomic mass is 19.1. The first-order chi connectivity index (χ1) is 21.1. The lowest BCUT2D eigenvalue weighted by atomic mass is 10.1.